The van der Waals surface area contributed by atoms with Crippen LogP contribution in [-0.4, -0.2) is 54.1 Å². The fraction of sp³-hybridized carbons (Fsp3) is 0.714. The first-order valence-electron chi connectivity index (χ1n) is 8.05. The van der Waals surface area contributed by atoms with E-state index in [0.717, 1.165) is 6.42 Å². The Bertz CT molecular complexity index is 639. The molecule has 1 amide bonds. The normalized spacial score (nSPS) is 19.6. The zero-order valence-electron chi connectivity index (χ0n) is 13.9. The number of rotatable bonds is 7. The van der Waals surface area contributed by atoms with Crippen LogP contribution in [0.2, 0.25) is 0 Å². The molecule has 0 aromatic carbocycles. The summed E-state index contributed by atoms with van der Waals surface area (Å²) in [7, 11) is -3.65. The van der Waals surface area contributed by atoms with E-state index in [1.807, 2.05) is 6.92 Å². The highest BCUT2D eigenvalue weighted by molar-refractivity contribution is 7.87. The van der Waals surface area contributed by atoms with Crippen LogP contribution in [-0.2, 0) is 21.5 Å². The first-order chi connectivity index (χ1) is 10.9. The third kappa shape index (κ3) is 3.73. The van der Waals surface area contributed by atoms with Crippen molar-refractivity contribution in [2.75, 3.05) is 24.5 Å². The standard InChI is InChI=1S/C14H25N5O3S/c1-4-17(5-2)23(21,22)16-12-8-7-11-18(14(12)20)13-9-10-15-19(13)6-3/h9-10,12,16H,4-8,11H2,1-3H3/t12-/m0/s1. The van der Waals surface area contributed by atoms with Gasteiger partial charge in [-0.2, -0.15) is 22.5 Å². The maximum atomic E-state index is 12.7. The van der Waals surface area contributed by atoms with E-state index < -0.39 is 16.3 Å². The molecule has 23 heavy (non-hydrogen) atoms. The van der Waals surface area contributed by atoms with Crippen LogP contribution < -0.4 is 9.62 Å². The van der Waals surface area contributed by atoms with Crippen molar-refractivity contribution in [2.45, 2.75) is 46.2 Å². The molecule has 1 atom stereocenters. The van der Waals surface area contributed by atoms with Gasteiger partial charge in [-0.3, -0.25) is 9.69 Å². The van der Waals surface area contributed by atoms with E-state index in [-0.39, 0.29) is 5.91 Å². The lowest BCUT2D eigenvalue weighted by molar-refractivity contribution is -0.121. The zero-order chi connectivity index (χ0) is 17.0. The first kappa shape index (κ1) is 17.9. The Hall–Kier alpha value is -1.45. The van der Waals surface area contributed by atoms with E-state index in [4.69, 9.17) is 0 Å². The van der Waals surface area contributed by atoms with Gasteiger partial charge in [0.1, 0.15) is 11.9 Å². The van der Waals surface area contributed by atoms with Gasteiger partial charge < -0.3 is 0 Å². The summed E-state index contributed by atoms with van der Waals surface area (Å²) in [6.45, 7) is 7.48. The van der Waals surface area contributed by atoms with Crippen molar-refractivity contribution in [3.05, 3.63) is 12.3 Å². The summed E-state index contributed by atoms with van der Waals surface area (Å²) in [5.74, 6) is 0.492. The van der Waals surface area contributed by atoms with Crippen molar-refractivity contribution in [3.63, 3.8) is 0 Å². The zero-order valence-corrected chi connectivity index (χ0v) is 14.7. The van der Waals surface area contributed by atoms with Gasteiger partial charge >= 0.3 is 0 Å². The molecule has 0 bridgehead atoms. The molecular weight excluding hydrogens is 318 g/mol. The van der Waals surface area contributed by atoms with Gasteiger partial charge in [0.2, 0.25) is 5.91 Å². The average molecular weight is 343 g/mol. The van der Waals surface area contributed by atoms with E-state index in [2.05, 4.69) is 9.82 Å². The van der Waals surface area contributed by atoms with Crippen molar-refractivity contribution in [1.29, 1.82) is 0 Å². The lowest BCUT2D eigenvalue weighted by atomic mass is 10.1. The topological polar surface area (TPSA) is 87.5 Å². The smallest absolute Gasteiger partial charge is 0.280 e. The van der Waals surface area contributed by atoms with Crippen LogP contribution in [0.5, 0.6) is 0 Å². The van der Waals surface area contributed by atoms with E-state index in [0.29, 0.717) is 38.4 Å². The number of carbonyl (C=O) groups excluding carboxylic acids is 1. The Kier molecular flexibility index (Phi) is 5.77. The molecule has 1 aromatic heterocycles. The molecule has 0 unspecified atom stereocenters. The second kappa shape index (κ2) is 7.41. The third-order valence-corrected chi connectivity index (χ3v) is 5.82. The molecular formula is C14H25N5O3S. The monoisotopic (exact) mass is 343 g/mol. The molecule has 130 valence electrons. The molecule has 2 heterocycles. The van der Waals surface area contributed by atoms with Crippen molar-refractivity contribution < 1.29 is 13.2 Å². The number of nitrogens with one attached hydrogen (secondary N) is 1. The highest BCUT2D eigenvalue weighted by Gasteiger charge is 2.35. The van der Waals surface area contributed by atoms with Crippen LogP contribution in [0.15, 0.2) is 12.3 Å². The number of nitrogens with zero attached hydrogens (tertiary/aromatic N) is 4. The highest BCUT2D eigenvalue weighted by atomic mass is 32.2. The molecule has 1 aliphatic heterocycles. The average Bonchev–Trinajstić information content (AvgIpc) is 2.98. The van der Waals surface area contributed by atoms with E-state index in [1.165, 1.54) is 4.31 Å². The molecule has 0 saturated carbocycles. The quantitative estimate of drug-likeness (QED) is 0.784. The lowest BCUT2D eigenvalue weighted by Crippen LogP contribution is -2.55. The van der Waals surface area contributed by atoms with Crippen LogP contribution in [0.1, 0.15) is 33.6 Å². The number of anilines is 1. The minimum Gasteiger partial charge on any atom is -0.296 e. The summed E-state index contributed by atoms with van der Waals surface area (Å²) in [5.41, 5.74) is 0. The van der Waals surface area contributed by atoms with Crippen LogP contribution in [0.25, 0.3) is 0 Å². The Labute approximate surface area is 137 Å². The predicted octanol–water partition coefficient (Wildman–Crippen LogP) is 0.575. The van der Waals surface area contributed by atoms with Crippen molar-refractivity contribution in [2.24, 2.45) is 0 Å². The molecule has 1 fully saturated rings. The molecule has 0 aliphatic carbocycles. The van der Waals surface area contributed by atoms with E-state index >= 15 is 0 Å². The van der Waals surface area contributed by atoms with Gasteiger partial charge in [-0.15, -0.1) is 0 Å². The van der Waals surface area contributed by atoms with Crippen molar-refractivity contribution in [1.82, 2.24) is 18.8 Å². The number of aromatic nitrogens is 2. The summed E-state index contributed by atoms with van der Waals surface area (Å²) < 4.78 is 30.3. The SMILES string of the molecule is CCN(CC)S(=O)(=O)N[C@H]1CCCN(c2ccnn2CC)C1=O. The van der Waals surface area contributed by atoms with Gasteiger partial charge in [-0.1, -0.05) is 13.8 Å². The van der Waals surface area contributed by atoms with Crippen molar-refractivity contribution in [3.8, 4) is 0 Å². The fourth-order valence-electron chi connectivity index (χ4n) is 2.83. The molecule has 0 radical (unpaired) electrons. The summed E-state index contributed by atoms with van der Waals surface area (Å²) >= 11 is 0. The Balaban J connectivity index is 2.17. The number of amides is 1. The summed E-state index contributed by atoms with van der Waals surface area (Å²) in [6, 6.07) is 1.05. The molecule has 1 aliphatic rings. The Morgan fingerprint density at radius 1 is 1.35 bits per heavy atom. The fourth-order valence-corrected chi connectivity index (χ4v) is 4.24. The highest BCUT2D eigenvalue weighted by Crippen LogP contribution is 2.21. The molecule has 1 saturated heterocycles. The van der Waals surface area contributed by atoms with E-state index in [9.17, 15) is 13.2 Å². The number of aryl methyl sites for hydroxylation is 1. The molecule has 9 heteroatoms. The third-order valence-electron chi connectivity index (χ3n) is 4.05. The maximum Gasteiger partial charge on any atom is 0.280 e. The minimum absolute atomic E-state index is 0.220. The van der Waals surface area contributed by atoms with Gasteiger partial charge in [-0.05, 0) is 19.8 Å². The lowest BCUT2D eigenvalue weighted by Gasteiger charge is -2.33. The minimum atomic E-state index is -3.65. The van der Waals surface area contributed by atoms with E-state index in [1.54, 1.807) is 35.7 Å². The predicted molar refractivity (Wildman–Crippen MR) is 88.3 cm³/mol. The van der Waals surface area contributed by atoms with Crippen molar-refractivity contribution >= 4 is 21.9 Å². The van der Waals surface area contributed by atoms with Crippen LogP contribution >= 0.6 is 0 Å². The number of piperidine rings is 1. The summed E-state index contributed by atoms with van der Waals surface area (Å²) in [4.78, 5) is 14.3. The molecule has 8 nitrogen and oxygen atoms in total. The summed E-state index contributed by atoms with van der Waals surface area (Å²) in [6.07, 6.45) is 2.90. The van der Waals surface area contributed by atoms with Gasteiger partial charge in [0.15, 0.2) is 0 Å². The van der Waals surface area contributed by atoms with Gasteiger partial charge in [0.05, 0.1) is 6.20 Å². The maximum absolute atomic E-state index is 12.7. The van der Waals surface area contributed by atoms with Crippen LogP contribution in [0.4, 0.5) is 5.82 Å². The molecule has 1 N–H and O–H groups in total. The van der Waals surface area contributed by atoms with Gasteiger partial charge in [0.25, 0.3) is 10.2 Å². The molecule has 0 spiro atoms. The number of hydrogen-bond donors (Lipinski definition) is 1. The number of carbonyl (C=O) groups is 1. The second-order valence-electron chi connectivity index (χ2n) is 5.40. The van der Waals surface area contributed by atoms with Crippen LogP contribution in [0, 0.1) is 0 Å². The van der Waals surface area contributed by atoms with Crippen LogP contribution in [0.3, 0.4) is 0 Å². The van der Waals surface area contributed by atoms with Gasteiger partial charge in [-0.25, -0.2) is 4.68 Å². The van der Waals surface area contributed by atoms with Gasteiger partial charge in [0, 0.05) is 32.2 Å². The largest absolute Gasteiger partial charge is 0.296 e. The Morgan fingerprint density at radius 3 is 2.65 bits per heavy atom. The number of hydrogen-bond acceptors (Lipinski definition) is 4. The Morgan fingerprint density at radius 2 is 2.04 bits per heavy atom. The molecule has 1 aromatic rings. The second-order valence-corrected chi connectivity index (χ2v) is 7.10. The first-order valence-corrected chi connectivity index (χ1v) is 9.49. The summed E-state index contributed by atoms with van der Waals surface area (Å²) in [5, 5.41) is 4.17. The molecule has 2 rings (SSSR count).